The number of imidazole rings is 1. The minimum absolute atomic E-state index is 0.108. The van der Waals surface area contributed by atoms with Crippen LogP contribution in [0.25, 0.3) is 134 Å². The molecule has 0 radical (unpaired) electrons. The Bertz CT molecular complexity index is 6960. The van der Waals surface area contributed by atoms with E-state index in [1.807, 2.05) is 140 Å². The second-order valence-electron chi connectivity index (χ2n) is 32.7. The summed E-state index contributed by atoms with van der Waals surface area (Å²) in [7, 11) is 0. The maximum absolute atomic E-state index is 4.71. The number of rotatable bonds is 13. The molecule has 0 N–H and O–H groups in total. The molecular weight excluding hydrogens is 1520 g/mol. The fourth-order valence-corrected chi connectivity index (χ4v) is 16.2. The zero-order valence-electron chi connectivity index (χ0n) is 70.2. The van der Waals surface area contributed by atoms with Crippen LogP contribution in [-0.2, 0) is 31.6 Å². The molecule has 0 bridgehead atoms. The second-order valence-corrected chi connectivity index (χ2v) is 32.7. The Morgan fingerprint density at radius 1 is 0.315 bits per heavy atom. The van der Waals surface area contributed by atoms with Crippen LogP contribution in [0.4, 0.5) is 0 Å². The molecule has 124 heavy (non-hydrogen) atoms. The lowest BCUT2D eigenvalue weighted by Gasteiger charge is -2.20. The molecule has 0 fully saturated rings. The normalized spacial score (nSPS) is 12.8. The van der Waals surface area contributed by atoms with Crippen LogP contribution in [0.1, 0.15) is 127 Å². The van der Waals surface area contributed by atoms with Crippen LogP contribution in [0.2, 0.25) is 0 Å². The van der Waals surface area contributed by atoms with Crippen molar-refractivity contribution < 1.29 is 0 Å². The van der Waals surface area contributed by atoms with Crippen molar-refractivity contribution in [1.82, 2.24) is 54.2 Å². The molecule has 0 unspecified atom stereocenters. The Kier molecular flexibility index (Phi) is 23.4. The van der Waals surface area contributed by atoms with Crippen LogP contribution in [0.15, 0.2) is 349 Å². The second kappa shape index (κ2) is 36.4. The number of hydrogen-bond acceptors (Lipinski definition) is 14. The molecule has 1 aliphatic carbocycles. The lowest BCUT2D eigenvalue weighted by molar-refractivity contribution is 0.590. The maximum Gasteiger partial charge on any atom is 0.136 e. The first-order valence-corrected chi connectivity index (χ1v) is 42.2. The molecule has 0 saturated carbocycles. The van der Waals surface area contributed by atoms with E-state index in [4.69, 9.17) is 9.97 Å². The van der Waals surface area contributed by atoms with Crippen LogP contribution in [0.5, 0.6) is 0 Å². The molecule has 15 nitrogen and oxygen atoms in total. The average Bonchev–Trinajstić information content (AvgIpc) is 1.14. The summed E-state index contributed by atoms with van der Waals surface area (Å²) in [6.45, 7) is 15.9. The highest BCUT2D eigenvalue weighted by Gasteiger charge is 2.22. The SMILES string of the molecule is C1=NCc2ncc(-c3cccnc3-c3cccc(-c4ccccc4)c3)cc21.C1=NCc2ncc(-c3cccnc3-c3cccc(C4=CCCC4)c3)cc21.CC(C)(C)c1cccc(-c2ncccc2-c2cnc3c(c2)C=NC3)c1.CC(C)c1cccc(-c2ncccc2-c2cnc3c(c2)C=NC3)c1.Cc1cccc(-c2ncccc2-c2ccc3nccn3c2)c1. The van der Waals surface area contributed by atoms with Gasteiger partial charge in [-0.2, -0.15) is 0 Å². The fraction of sp³-hybridized carbons (Fsp3) is 0.138. The molecule has 0 atom stereocenters. The van der Waals surface area contributed by atoms with E-state index in [1.54, 1.807) is 0 Å². The summed E-state index contributed by atoms with van der Waals surface area (Å²) in [5.41, 5.74) is 40.3. The Balaban J connectivity index is 0.000000106. The molecule has 22 rings (SSSR count). The van der Waals surface area contributed by atoms with Crippen molar-refractivity contribution in [3.8, 4) is 123 Å². The standard InChI is InChI=1S/C24H17N3.C23H19N3.C22H21N3.C21H19N3.C19H15N3/c1-2-6-17(7-3-1)18-8-4-9-19(12-18)24-22(10-5-11-26-24)20-13-21-14-25-16-23(21)27-15-20;1-2-6-16(5-1)17-7-3-8-18(11-17)23-21(9-4-10-25-23)19-12-20-13-24-15-22(20)26-14-19;1-22(2,3)18-7-4-6-15(11-18)21-19(8-5-9-24-21)16-10-17-12-23-14-20(17)25-13-16;1-14(2)15-5-3-6-16(9-15)21-19(7-4-8-23-21)17-10-18-11-22-13-20(18)24-12-17;1-14-4-2-5-15(12-14)19-17(6-3-9-21-19)16-7-8-18-20-10-11-22(18)13-16/h1-15H,16H2;3-5,7-14H,1-2,6,15H2;4-13H,14H2,1-3H3;3-12,14H,13H2,1-2H3;2-13H,1H3. The summed E-state index contributed by atoms with van der Waals surface area (Å²) in [5.74, 6) is 0.495. The summed E-state index contributed by atoms with van der Waals surface area (Å²) < 4.78 is 2.03. The molecular formula is C109H91N15. The monoisotopic (exact) mass is 1610 g/mol. The van der Waals surface area contributed by atoms with E-state index in [-0.39, 0.29) is 5.41 Å². The van der Waals surface area contributed by atoms with Crippen molar-refractivity contribution in [2.75, 3.05) is 0 Å². The van der Waals surface area contributed by atoms with Gasteiger partial charge < -0.3 is 4.40 Å². The van der Waals surface area contributed by atoms with Crippen LogP contribution in [0, 0.1) is 6.92 Å². The summed E-state index contributed by atoms with van der Waals surface area (Å²) in [6.07, 6.45) is 36.5. The Morgan fingerprint density at radius 2 is 0.710 bits per heavy atom. The van der Waals surface area contributed by atoms with Crippen LogP contribution in [-0.4, -0.2) is 79.1 Å². The minimum Gasteiger partial charge on any atom is -0.306 e. The smallest absolute Gasteiger partial charge is 0.136 e. The van der Waals surface area contributed by atoms with Crippen molar-refractivity contribution in [1.29, 1.82) is 0 Å². The van der Waals surface area contributed by atoms with Crippen LogP contribution < -0.4 is 0 Å². The van der Waals surface area contributed by atoms with Gasteiger partial charge in [-0.15, -0.1) is 0 Å². The molecule has 15 heterocycles. The van der Waals surface area contributed by atoms with Crippen molar-refractivity contribution in [2.45, 2.75) is 98.3 Å². The van der Waals surface area contributed by atoms with Gasteiger partial charge in [-0.05, 0) is 168 Å². The molecule has 0 amide bonds. The van der Waals surface area contributed by atoms with Crippen LogP contribution >= 0.6 is 0 Å². The molecule has 0 saturated heterocycles. The molecule has 4 aliphatic heterocycles. The highest BCUT2D eigenvalue weighted by Crippen LogP contribution is 2.40. The number of aryl methyl sites for hydroxylation is 1. The van der Waals surface area contributed by atoms with E-state index in [2.05, 4.69) is 320 Å². The number of pyridine rings is 10. The Hall–Kier alpha value is -15.2. The van der Waals surface area contributed by atoms with Crippen molar-refractivity contribution >= 4 is 36.1 Å². The molecule has 602 valence electrons. The predicted octanol–water partition coefficient (Wildman–Crippen LogP) is 25.0. The quantitative estimate of drug-likeness (QED) is 0.108. The van der Waals surface area contributed by atoms with E-state index in [1.165, 1.54) is 58.2 Å². The van der Waals surface area contributed by atoms with Gasteiger partial charge in [0.1, 0.15) is 5.65 Å². The zero-order chi connectivity index (χ0) is 84.3. The number of benzene rings is 6. The maximum atomic E-state index is 4.71. The van der Waals surface area contributed by atoms with Crippen LogP contribution in [0.3, 0.4) is 0 Å². The zero-order valence-corrected chi connectivity index (χ0v) is 70.2. The van der Waals surface area contributed by atoms with E-state index in [9.17, 15) is 0 Å². The van der Waals surface area contributed by atoms with Crippen molar-refractivity contribution in [3.63, 3.8) is 0 Å². The number of nitrogens with zero attached hydrogens (tertiary/aromatic N) is 15. The van der Waals surface area contributed by atoms with Gasteiger partial charge in [0.2, 0.25) is 0 Å². The summed E-state index contributed by atoms with van der Waals surface area (Å²) in [4.78, 5) is 63.2. The molecule has 15 heteroatoms. The highest BCUT2D eigenvalue weighted by molar-refractivity contribution is 5.93. The Labute approximate surface area is 723 Å². The van der Waals surface area contributed by atoms with Gasteiger partial charge >= 0.3 is 0 Å². The fourth-order valence-electron chi connectivity index (χ4n) is 16.2. The number of fused-ring (bicyclic) bond motifs is 5. The molecule has 0 spiro atoms. The Morgan fingerprint density at radius 3 is 1.15 bits per heavy atom. The van der Waals surface area contributed by atoms with E-state index >= 15 is 0 Å². The summed E-state index contributed by atoms with van der Waals surface area (Å²) in [6, 6.07) is 86.7. The first-order chi connectivity index (χ1) is 60.8. The number of aliphatic imine (C=N–C) groups is 4. The van der Waals surface area contributed by atoms with E-state index in [0.717, 1.165) is 163 Å². The molecule has 11 aromatic heterocycles. The largest absolute Gasteiger partial charge is 0.306 e. The van der Waals surface area contributed by atoms with Gasteiger partial charge in [0, 0.05) is 205 Å². The molecule has 6 aromatic carbocycles. The van der Waals surface area contributed by atoms with E-state index in [0.29, 0.717) is 32.1 Å². The topological polar surface area (TPSA) is 183 Å². The number of hydrogen-bond donors (Lipinski definition) is 0. The minimum atomic E-state index is 0.108. The predicted molar refractivity (Wildman–Crippen MR) is 505 cm³/mol. The third-order valence-electron chi connectivity index (χ3n) is 22.8. The molecule has 17 aromatic rings. The third-order valence-corrected chi connectivity index (χ3v) is 22.8. The number of aromatic nitrogens is 11. The number of allylic oxidation sites excluding steroid dienone is 2. The van der Waals surface area contributed by atoms with E-state index < -0.39 is 0 Å². The molecule has 5 aliphatic rings. The highest BCUT2D eigenvalue weighted by atomic mass is 15.0. The lowest BCUT2D eigenvalue weighted by Crippen LogP contribution is -2.10. The van der Waals surface area contributed by atoms with Crippen molar-refractivity contribution in [3.05, 3.63) is 396 Å². The third kappa shape index (κ3) is 18.0. The van der Waals surface area contributed by atoms with Crippen molar-refractivity contribution in [2.24, 2.45) is 20.0 Å². The van der Waals surface area contributed by atoms with Gasteiger partial charge in [0.05, 0.1) is 77.4 Å². The first kappa shape index (κ1) is 79.9. The van der Waals surface area contributed by atoms with Gasteiger partial charge in [-0.3, -0.25) is 64.8 Å². The van der Waals surface area contributed by atoms with Gasteiger partial charge in [0.15, 0.2) is 0 Å². The summed E-state index contributed by atoms with van der Waals surface area (Å²) in [5, 5.41) is 0. The van der Waals surface area contributed by atoms with Gasteiger partial charge in [-0.25, -0.2) is 4.98 Å². The summed E-state index contributed by atoms with van der Waals surface area (Å²) >= 11 is 0. The average molecular weight is 1610 g/mol. The lowest BCUT2D eigenvalue weighted by atomic mass is 9.85. The van der Waals surface area contributed by atoms with Gasteiger partial charge in [-0.1, -0.05) is 198 Å². The first-order valence-electron chi connectivity index (χ1n) is 42.2. The van der Waals surface area contributed by atoms with Gasteiger partial charge in [0.25, 0.3) is 0 Å².